The van der Waals surface area contributed by atoms with Crippen LogP contribution in [0.3, 0.4) is 0 Å². The summed E-state index contributed by atoms with van der Waals surface area (Å²) in [5, 5.41) is 3.16. The summed E-state index contributed by atoms with van der Waals surface area (Å²) < 4.78 is 6.05. The third kappa shape index (κ3) is 4.37. The maximum Gasteiger partial charge on any atom is 0.338 e. The lowest BCUT2D eigenvalue weighted by Gasteiger charge is -2.05. The highest BCUT2D eigenvalue weighted by Crippen LogP contribution is 2.26. The number of benzene rings is 2. The zero-order chi connectivity index (χ0) is 17.8. The van der Waals surface area contributed by atoms with Crippen LogP contribution in [0.5, 0.6) is 0 Å². The minimum absolute atomic E-state index is 0.349. The summed E-state index contributed by atoms with van der Waals surface area (Å²) >= 11 is 2.98. The van der Waals surface area contributed by atoms with Crippen molar-refractivity contribution in [2.75, 3.05) is 18.2 Å². The van der Waals surface area contributed by atoms with Gasteiger partial charge in [0, 0.05) is 4.90 Å². The van der Waals surface area contributed by atoms with Gasteiger partial charge >= 0.3 is 5.97 Å². The molecule has 0 unspecified atom stereocenters. The molecule has 1 amide bonds. The number of hydrogen-bond donors (Lipinski definition) is 1. The number of fused-ring (bicyclic) bond motifs is 1. The first kappa shape index (κ1) is 17.4. The lowest BCUT2D eigenvalue weighted by Crippen LogP contribution is -2.20. The molecule has 3 aromatic rings. The topological polar surface area (TPSA) is 68.3 Å². The number of carbonyl (C=O) groups is 2. The average molecular weight is 372 g/mol. The van der Waals surface area contributed by atoms with Gasteiger partial charge in [-0.15, -0.1) is 11.8 Å². The van der Waals surface area contributed by atoms with Crippen LogP contribution in [0.2, 0.25) is 0 Å². The second-order valence-electron chi connectivity index (χ2n) is 5.34. The molecule has 0 aliphatic rings. The summed E-state index contributed by atoms with van der Waals surface area (Å²) in [5.74, 6) is -0.937. The number of esters is 1. The Morgan fingerprint density at radius 1 is 1.20 bits per heavy atom. The largest absolute Gasteiger partial charge is 0.452 e. The highest BCUT2D eigenvalue weighted by Gasteiger charge is 2.12. The molecule has 5 nitrogen and oxygen atoms in total. The number of aryl methyl sites for hydroxylation is 1. The summed E-state index contributed by atoms with van der Waals surface area (Å²) in [6, 6.07) is 12.9. The van der Waals surface area contributed by atoms with Gasteiger partial charge in [0.25, 0.3) is 5.91 Å². The van der Waals surface area contributed by atoms with E-state index in [9.17, 15) is 9.59 Å². The van der Waals surface area contributed by atoms with E-state index >= 15 is 0 Å². The van der Waals surface area contributed by atoms with Crippen molar-refractivity contribution < 1.29 is 14.3 Å². The molecule has 25 heavy (non-hydrogen) atoms. The number of carbonyl (C=O) groups excluding carboxylic acids is 2. The second-order valence-corrected chi connectivity index (χ2v) is 7.25. The molecule has 0 spiro atoms. The SMILES string of the molecule is CSc1ccc(C(=O)OCC(=O)Nc2nc3ccc(C)cc3s2)cc1. The van der Waals surface area contributed by atoms with Gasteiger partial charge < -0.3 is 4.74 Å². The van der Waals surface area contributed by atoms with Crippen molar-refractivity contribution in [3.8, 4) is 0 Å². The van der Waals surface area contributed by atoms with E-state index in [0.29, 0.717) is 10.7 Å². The van der Waals surface area contributed by atoms with Gasteiger partial charge in [0.1, 0.15) is 0 Å². The van der Waals surface area contributed by atoms with Crippen LogP contribution < -0.4 is 5.32 Å². The molecule has 0 aliphatic carbocycles. The van der Waals surface area contributed by atoms with Crippen molar-refractivity contribution in [3.63, 3.8) is 0 Å². The van der Waals surface area contributed by atoms with Crippen molar-refractivity contribution in [1.82, 2.24) is 4.98 Å². The third-order valence-electron chi connectivity index (χ3n) is 3.45. The van der Waals surface area contributed by atoms with E-state index in [1.807, 2.05) is 43.5 Å². The Kier molecular flexibility index (Phi) is 5.35. The van der Waals surface area contributed by atoms with Crippen LogP contribution >= 0.6 is 23.1 Å². The van der Waals surface area contributed by atoms with E-state index in [2.05, 4.69) is 10.3 Å². The van der Waals surface area contributed by atoms with Gasteiger partial charge in [-0.1, -0.05) is 17.4 Å². The number of thioether (sulfide) groups is 1. The summed E-state index contributed by atoms with van der Waals surface area (Å²) in [6.07, 6.45) is 1.96. The Labute approximate surface area is 153 Å². The number of nitrogens with one attached hydrogen (secondary N) is 1. The van der Waals surface area contributed by atoms with E-state index in [0.717, 1.165) is 20.7 Å². The number of hydrogen-bond acceptors (Lipinski definition) is 6. The molecule has 1 aromatic heterocycles. The molecule has 0 saturated heterocycles. The lowest BCUT2D eigenvalue weighted by atomic mass is 10.2. The molecular weight excluding hydrogens is 356 g/mol. The van der Waals surface area contributed by atoms with E-state index in [4.69, 9.17) is 4.74 Å². The van der Waals surface area contributed by atoms with Gasteiger partial charge in [-0.25, -0.2) is 9.78 Å². The molecule has 1 heterocycles. The summed E-state index contributed by atoms with van der Waals surface area (Å²) in [6.45, 7) is 1.65. The maximum atomic E-state index is 12.0. The standard InChI is InChI=1S/C18H16N2O3S2/c1-11-3-8-14-15(9-11)25-18(19-14)20-16(21)10-23-17(22)12-4-6-13(24-2)7-5-12/h3-9H,10H2,1-2H3,(H,19,20,21). The van der Waals surface area contributed by atoms with Gasteiger partial charge in [-0.2, -0.15) is 0 Å². The summed E-state index contributed by atoms with van der Waals surface area (Å²) in [7, 11) is 0. The number of amides is 1. The molecule has 2 aromatic carbocycles. The molecule has 128 valence electrons. The molecule has 1 N–H and O–H groups in total. The predicted octanol–water partition coefficient (Wildman–Crippen LogP) is 4.12. The Morgan fingerprint density at radius 2 is 1.96 bits per heavy atom. The van der Waals surface area contributed by atoms with Gasteiger partial charge in [-0.3, -0.25) is 10.1 Å². The van der Waals surface area contributed by atoms with Crippen molar-refractivity contribution >= 4 is 50.3 Å². The predicted molar refractivity (Wildman–Crippen MR) is 101 cm³/mol. The molecule has 0 atom stereocenters. The number of aromatic nitrogens is 1. The van der Waals surface area contributed by atoms with Crippen LogP contribution in [0, 0.1) is 6.92 Å². The minimum atomic E-state index is -0.525. The molecule has 0 bridgehead atoms. The highest BCUT2D eigenvalue weighted by atomic mass is 32.2. The third-order valence-corrected chi connectivity index (χ3v) is 5.13. The van der Waals surface area contributed by atoms with E-state index in [1.165, 1.54) is 11.3 Å². The number of ether oxygens (including phenoxy) is 1. The fourth-order valence-electron chi connectivity index (χ4n) is 2.18. The first-order chi connectivity index (χ1) is 12.0. The van der Waals surface area contributed by atoms with Crippen LogP contribution in [-0.4, -0.2) is 29.7 Å². The number of anilines is 1. The molecule has 0 saturated carbocycles. The van der Waals surface area contributed by atoms with E-state index in [1.54, 1.807) is 23.9 Å². The van der Waals surface area contributed by atoms with Gasteiger partial charge in [0.15, 0.2) is 11.7 Å². The smallest absolute Gasteiger partial charge is 0.338 e. The van der Waals surface area contributed by atoms with Crippen molar-refractivity contribution in [2.45, 2.75) is 11.8 Å². The number of nitrogens with zero attached hydrogens (tertiary/aromatic N) is 1. The van der Waals surface area contributed by atoms with Gasteiger partial charge in [0.2, 0.25) is 0 Å². The lowest BCUT2D eigenvalue weighted by molar-refractivity contribution is -0.119. The molecule has 7 heteroatoms. The Bertz CT molecular complexity index is 920. The van der Waals surface area contributed by atoms with Crippen molar-refractivity contribution in [2.24, 2.45) is 0 Å². The van der Waals surface area contributed by atoms with Gasteiger partial charge in [-0.05, 0) is 55.1 Å². The van der Waals surface area contributed by atoms with Gasteiger partial charge in [0.05, 0.1) is 15.8 Å². The fraction of sp³-hybridized carbons (Fsp3) is 0.167. The summed E-state index contributed by atoms with van der Waals surface area (Å²) in [4.78, 5) is 29.3. The Hall–Kier alpha value is -2.38. The molecule has 0 fully saturated rings. The fourth-order valence-corrected chi connectivity index (χ4v) is 3.57. The first-order valence-corrected chi connectivity index (χ1v) is 9.57. The quantitative estimate of drug-likeness (QED) is 0.539. The van der Waals surface area contributed by atoms with Crippen LogP contribution in [0.1, 0.15) is 15.9 Å². The van der Waals surface area contributed by atoms with Crippen molar-refractivity contribution in [1.29, 1.82) is 0 Å². The second kappa shape index (κ2) is 7.67. The molecule has 0 aliphatic heterocycles. The van der Waals surface area contributed by atoms with E-state index < -0.39 is 11.9 Å². The normalized spacial score (nSPS) is 10.6. The zero-order valence-electron chi connectivity index (χ0n) is 13.7. The Balaban J connectivity index is 1.57. The van der Waals surface area contributed by atoms with Crippen LogP contribution in [0.25, 0.3) is 10.2 Å². The Morgan fingerprint density at radius 3 is 2.68 bits per heavy atom. The number of thiazole rings is 1. The summed E-state index contributed by atoms with van der Waals surface area (Å²) in [5.41, 5.74) is 2.38. The molecule has 3 rings (SSSR count). The van der Waals surface area contributed by atoms with E-state index in [-0.39, 0.29) is 6.61 Å². The highest BCUT2D eigenvalue weighted by molar-refractivity contribution is 7.98. The van der Waals surface area contributed by atoms with Crippen LogP contribution in [-0.2, 0) is 9.53 Å². The zero-order valence-corrected chi connectivity index (χ0v) is 15.4. The first-order valence-electron chi connectivity index (χ1n) is 7.53. The minimum Gasteiger partial charge on any atom is -0.452 e. The van der Waals surface area contributed by atoms with Crippen LogP contribution in [0.4, 0.5) is 5.13 Å². The molecular formula is C18H16N2O3S2. The number of rotatable bonds is 5. The monoisotopic (exact) mass is 372 g/mol. The maximum absolute atomic E-state index is 12.0. The molecule has 0 radical (unpaired) electrons. The van der Waals surface area contributed by atoms with Crippen LogP contribution in [0.15, 0.2) is 47.4 Å². The average Bonchev–Trinajstić information content (AvgIpc) is 3.01. The van der Waals surface area contributed by atoms with Crippen molar-refractivity contribution in [3.05, 3.63) is 53.6 Å².